The van der Waals surface area contributed by atoms with Crippen LogP contribution in [0.5, 0.6) is 5.75 Å². The molecule has 2 amide bonds. The third-order valence-corrected chi connectivity index (χ3v) is 5.07. The predicted molar refractivity (Wildman–Crippen MR) is 108 cm³/mol. The van der Waals surface area contributed by atoms with Crippen molar-refractivity contribution in [3.05, 3.63) is 60.2 Å². The minimum absolute atomic E-state index is 0.0163. The number of aliphatic carboxylic acids is 1. The number of carbonyl (C=O) groups is 3. The standard InChI is InChI=1S/C22H24N2O5/c1-29-19-10-6-5-9-18(19)24-14-17(12-20(24)25)21(26)23-13-16(22(27)28)11-15-7-3-2-4-8-15/h2-10,16-17H,11-14H2,1H3,(H,23,26)(H,27,28). The van der Waals surface area contributed by atoms with Gasteiger partial charge in [0.05, 0.1) is 24.6 Å². The predicted octanol–water partition coefficient (Wildman–Crippen LogP) is 2.11. The minimum atomic E-state index is -0.965. The van der Waals surface area contributed by atoms with Gasteiger partial charge in [-0.25, -0.2) is 0 Å². The first-order chi connectivity index (χ1) is 14.0. The highest BCUT2D eigenvalue weighted by Crippen LogP contribution is 2.32. The summed E-state index contributed by atoms with van der Waals surface area (Å²) >= 11 is 0. The summed E-state index contributed by atoms with van der Waals surface area (Å²) in [6.45, 7) is 0.254. The number of benzene rings is 2. The Balaban J connectivity index is 1.60. The first kappa shape index (κ1) is 20.4. The molecule has 2 atom stereocenters. The van der Waals surface area contributed by atoms with Crippen LogP contribution in [0.2, 0.25) is 0 Å². The molecule has 1 aliphatic heterocycles. The number of nitrogens with zero attached hydrogens (tertiary/aromatic N) is 1. The molecule has 2 aromatic rings. The summed E-state index contributed by atoms with van der Waals surface area (Å²) in [5, 5.41) is 12.2. The number of ether oxygens (including phenoxy) is 1. The maximum atomic E-state index is 12.6. The summed E-state index contributed by atoms with van der Waals surface area (Å²) in [5.74, 6) is -2.13. The summed E-state index contributed by atoms with van der Waals surface area (Å²) in [7, 11) is 1.53. The summed E-state index contributed by atoms with van der Waals surface area (Å²) < 4.78 is 5.30. The number of hydrogen-bond donors (Lipinski definition) is 2. The molecule has 1 heterocycles. The molecule has 7 nitrogen and oxygen atoms in total. The van der Waals surface area contributed by atoms with Gasteiger partial charge < -0.3 is 20.1 Å². The van der Waals surface area contributed by atoms with Gasteiger partial charge in [0.2, 0.25) is 11.8 Å². The minimum Gasteiger partial charge on any atom is -0.495 e. The lowest BCUT2D eigenvalue weighted by Crippen LogP contribution is -2.38. The van der Waals surface area contributed by atoms with Crippen LogP contribution in [-0.2, 0) is 20.8 Å². The van der Waals surface area contributed by atoms with E-state index in [2.05, 4.69) is 5.32 Å². The molecule has 29 heavy (non-hydrogen) atoms. The lowest BCUT2D eigenvalue weighted by molar-refractivity contribution is -0.141. The van der Waals surface area contributed by atoms with E-state index < -0.39 is 17.8 Å². The van der Waals surface area contributed by atoms with Crippen molar-refractivity contribution in [1.82, 2.24) is 5.32 Å². The van der Waals surface area contributed by atoms with Crippen LogP contribution in [0.3, 0.4) is 0 Å². The molecule has 0 aliphatic carbocycles. The molecule has 2 N–H and O–H groups in total. The molecule has 152 valence electrons. The van der Waals surface area contributed by atoms with E-state index in [0.717, 1.165) is 5.56 Å². The summed E-state index contributed by atoms with van der Waals surface area (Å²) in [6.07, 6.45) is 0.410. The Morgan fingerprint density at radius 2 is 1.86 bits per heavy atom. The third kappa shape index (κ3) is 4.93. The average Bonchev–Trinajstić information content (AvgIpc) is 3.13. The van der Waals surface area contributed by atoms with E-state index >= 15 is 0 Å². The van der Waals surface area contributed by atoms with Crippen molar-refractivity contribution in [2.75, 3.05) is 25.1 Å². The van der Waals surface area contributed by atoms with Crippen LogP contribution in [0.4, 0.5) is 5.69 Å². The molecule has 0 radical (unpaired) electrons. The van der Waals surface area contributed by atoms with Gasteiger partial charge in [-0.2, -0.15) is 0 Å². The number of hydrogen-bond acceptors (Lipinski definition) is 4. The van der Waals surface area contributed by atoms with Gasteiger partial charge in [-0.15, -0.1) is 0 Å². The second kappa shape index (κ2) is 9.23. The smallest absolute Gasteiger partial charge is 0.308 e. The SMILES string of the molecule is COc1ccccc1N1CC(C(=O)NCC(Cc2ccccc2)C(=O)O)CC1=O. The highest BCUT2D eigenvalue weighted by molar-refractivity contribution is 6.01. The normalized spacial score (nSPS) is 17.1. The van der Waals surface area contributed by atoms with Gasteiger partial charge in [-0.3, -0.25) is 14.4 Å². The molecular formula is C22H24N2O5. The maximum Gasteiger partial charge on any atom is 0.308 e. The van der Waals surface area contributed by atoms with Gasteiger partial charge >= 0.3 is 5.97 Å². The molecule has 2 unspecified atom stereocenters. The number of carbonyl (C=O) groups excluding carboxylic acids is 2. The maximum absolute atomic E-state index is 12.6. The Bertz CT molecular complexity index is 884. The molecule has 2 aromatic carbocycles. The highest BCUT2D eigenvalue weighted by Gasteiger charge is 2.36. The number of carboxylic acid groups (broad SMARTS) is 1. The van der Waals surface area contributed by atoms with Gasteiger partial charge in [0, 0.05) is 19.5 Å². The van der Waals surface area contributed by atoms with Crippen LogP contribution in [0.15, 0.2) is 54.6 Å². The topological polar surface area (TPSA) is 95.9 Å². The molecule has 0 spiro atoms. The molecule has 1 aliphatic rings. The van der Waals surface area contributed by atoms with E-state index in [9.17, 15) is 19.5 Å². The van der Waals surface area contributed by atoms with E-state index in [1.165, 1.54) is 7.11 Å². The molecule has 3 rings (SSSR count). The van der Waals surface area contributed by atoms with Crippen LogP contribution < -0.4 is 15.0 Å². The third-order valence-electron chi connectivity index (χ3n) is 5.07. The summed E-state index contributed by atoms with van der Waals surface area (Å²) in [5.41, 5.74) is 1.52. The van der Waals surface area contributed by atoms with Crippen molar-refractivity contribution < 1.29 is 24.2 Å². The Labute approximate surface area is 169 Å². The van der Waals surface area contributed by atoms with Crippen LogP contribution in [-0.4, -0.2) is 43.1 Å². The van der Waals surface area contributed by atoms with Gasteiger partial charge in [0.15, 0.2) is 0 Å². The molecule has 0 saturated carbocycles. The van der Waals surface area contributed by atoms with Crippen molar-refractivity contribution in [2.45, 2.75) is 12.8 Å². The molecule has 1 fully saturated rings. The van der Waals surface area contributed by atoms with Gasteiger partial charge in [-0.05, 0) is 24.1 Å². The molecule has 7 heteroatoms. The number of amides is 2. The number of carboxylic acids is 1. The Hall–Kier alpha value is -3.35. The Kier molecular flexibility index (Phi) is 6.49. The quantitative estimate of drug-likeness (QED) is 0.713. The number of methoxy groups -OCH3 is 1. The summed E-state index contributed by atoms with van der Waals surface area (Å²) in [4.78, 5) is 38.1. The number of rotatable bonds is 8. The zero-order chi connectivity index (χ0) is 20.8. The number of anilines is 1. The molecular weight excluding hydrogens is 372 g/mol. The Morgan fingerprint density at radius 1 is 1.17 bits per heavy atom. The first-order valence-corrected chi connectivity index (χ1v) is 9.47. The second-order valence-corrected chi connectivity index (χ2v) is 7.05. The Morgan fingerprint density at radius 3 is 2.55 bits per heavy atom. The van der Waals surface area contributed by atoms with Gasteiger partial charge in [0.1, 0.15) is 5.75 Å². The molecule has 0 bridgehead atoms. The van der Waals surface area contributed by atoms with Crippen LogP contribution in [0.1, 0.15) is 12.0 Å². The van der Waals surface area contributed by atoms with Crippen LogP contribution in [0.25, 0.3) is 0 Å². The fraction of sp³-hybridized carbons (Fsp3) is 0.318. The lowest BCUT2D eigenvalue weighted by Gasteiger charge is -2.19. The van der Waals surface area contributed by atoms with Crippen molar-refractivity contribution in [3.63, 3.8) is 0 Å². The molecule has 0 aromatic heterocycles. The van der Waals surface area contributed by atoms with Gasteiger partial charge in [-0.1, -0.05) is 42.5 Å². The second-order valence-electron chi connectivity index (χ2n) is 7.05. The largest absolute Gasteiger partial charge is 0.495 e. The van der Waals surface area contributed by atoms with E-state index in [-0.39, 0.29) is 31.3 Å². The van der Waals surface area contributed by atoms with Crippen LogP contribution >= 0.6 is 0 Å². The van der Waals surface area contributed by atoms with E-state index in [4.69, 9.17) is 4.74 Å². The number of nitrogens with one attached hydrogen (secondary N) is 1. The molecule has 1 saturated heterocycles. The zero-order valence-electron chi connectivity index (χ0n) is 16.2. The van der Waals surface area contributed by atoms with Crippen LogP contribution in [0, 0.1) is 11.8 Å². The highest BCUT2D eigenvalue weighted by atomic mass is 16.5. The van der Waals surface area contributed by atoms with Crippen molar-refractivity contribution in [2.24, 2.45) is 11.8 Å². The van der Waals surface area contributed by atoms with E-state index in [0.29, 0.717) is 17.9 Å². The zero-order valence-corrected chi connectivity index (χ0v) is 16.2. The number of para-hydroxylation sites is 2. The first-order valence-electron chi connectivity index (χ1n) is 9.47. The fourth-order valence-corrected chi connectivity index (χ4v) is 3.48. The fourth-order valence-electron chi connectivity index (χ4n) is 3.48. The van der Waals surface area contributed by atoms with Gasteiger partial charge in [0.25, 0.3) is 0 Å². The van der Waals surface area contributed by atoms with Crippen molar-refractivity contribution >= 4 is 23.5 Å². The lowest BCUT2D eigenvalue weighted by atomic mass is 9.99. The monoisotopic (exact) mass is 396 g/mol. The summed E-state index contributed by atoms with van der Waals surface area (Å²) in [6, 6.07) is 16.4. The van der Waals surface area contributed by atoms with Crippen molar-refractivity contribution in [3.8, 4) is 5.75 Å². The average molecular weight is 396 g/mol. The van der Waals surface area contributed by atoms with Crippen molar-refractivity contribution in [1.29, 1.82) is 0 Å². The van der Waals surface area contributed by atoms with E-state index in [1.54, 1.807) is 23.1 Å². The van der Waals surface area contributed by atoms with E-state index in [1.807, 2.05) is 36.4 Å².